The van der Waals surface area contributed by atoms with Crippen LogP contribution in [0.3, 0.4) is 0 Å². The lowest BCUT2D eigenvalue weighted by Crippen LogP contribution is -2.52. The van der Waals surface area contributed by atoms with Crippen LogP contribution in [0, 0.1) is 5.82 Å². The number of carbonyl (C=O) groups excluding carboxylic acids is 4. The molecule has 15 heteroatoms. The van der Waals surface area contributed by atoms with Crippen LogP contribution in [0.4, 0.5) is 9.18 Å². The van der Waals surface area contributed by atoms with Crippen molar-refractivity contribution in [3.8, 4) is 0 Å². The van der Waals surface area contributed by atoms with Gasteiger partial charge >= 0.3 is 6.09 Å². The molecule has 1 fully saturated rings. The maximum absolute atomic E-state index is 14.9. The summed E-state index contributed by atoms with van der Waals surface area (Å²) in [6, 6.07) is 11.4. The van der Waals surface area contributed by atoms with Gasteiger partial charge in [0.2, 0.25) is 5.91 Å². The SMILES string of the molecule is CN/N=C(/Cc1ccc(F)c(C(=O)N2CCN(C(=O)CNCCOCCOCCOCCNC(=O)OC(C)(C)C)CC2)c1)c1ccccc1C=O. The quantitative estimate of drug-likeness (QED) is 0.0804. The monoisotopic (exact) mass is 714 g/mol. The molecular formula is C36H51FN6O8. The van der Waals surface area contributed by atoms with Gasteiger partial charge in [-0.15, -0.1) is 0 Å². The molecule has 1 heterocycles. The van der Waals surface area contributed by atoms with Gasteiger partial charge in [-0.25, -0.2) is 9.18 Å². The van der Waals surface area contributed by atoms with Crippen molar-refractivity contribution in [2.45, 2.75) is 32.8 Å². The first-order chi connectivity index (χ1) is 24.5. The molecule has 0 bridgehead atoms. The average molecular weight is 715 g/mol. The third-order valence-corrected chi connectivity index (χ3v) is 7.56. The van der Waals surface area contributed by atoms with E-state index < -0.39 is 23.4 Å². The van der Waals surface area contributed by atoms with E-state index in [0.29, 0.717) is 88.2 Å². The third-order valence-electron chi connectivity index (χ3n) is 7.56. The van der Waals surface area contributed by atoms with Crippen LogP contribution in [-0.4, -0.2) is 138 Å². The molecular weight excluding hydrogens is 663 g/mol. The molecule has 3 rings (SSSR count). The molecule has 0 saturated carbocycles. The van der Waals surface area contributed by atoms with Gasteiger partial charge in [-0.2, -0.15) is 5.10 Å². The number of carbonyl (C=O) groups is 4. The second-order valence-electron chi connectivity index (χ2n) is 12.6. The predicted octanol–water partition coefficient (Wildman–Crippen LogP) is 2.25. The van der Waals surface area contributed by atoms with Crippen LogP contribution >= 0.6 is 0 Å². The lowest BCUT2D eigenvalue weighted by atomic mass is 9.97. The Hall–Kier alpha value is -4.44. The number of benzene rings is 2. The van der Waals surface area contributed by atoms with Crippen LogP contribution in [0.25, 0.3) is 0 Å². The van der Waals surface area contributed by atoms with Crippen molar-refractivity contribution in [1.29, 1.82) is 0 Å². The number of hydrogen-bond donors (Lipinski definition) is 3. The maximum Gasteiger partial charge on any atom is 0.407 e. The fraction of sp³-hybridized carbons (Fsp3) is 0.528. The first-order valence-electron chi connectivity index (χ1n) is 17.1. The summed E-state index contributed by atoms with van der Waals surface area (Å²) < 4.78 is 36.4. The van der Waals surface area contributed by atoms with E-state index in [9.17, 15) is 23.6 Å². The number of piperazine rings is 1. The Bertz CT molecular complexity index is 1460. The summed E-state index contributed by atoms with van der Waals surface area (Å²) in [6.07, 6.45) is 0.550. The van der Waals surface area contributed by atoms with E-state index in [2.05, 4.69) is 21.2 Å². The Balaban J connectivity index is 1.28. The molecule has 2 aromatic rings. The van der Waals surface area contributed by atoms with E-state index in [-0.39, 0.29) is 37.5 Å². The zero-order chi connectivity index (χ0) is 37.1. The van der Waals surface area contributed by atoms with E-state index in [1.807, 2.05) is 0 Å². The molecule has 2 aromatic carbocycles. The summed E-state index contributed by atoms with van der Waals surface area (Å²) >= 11 is 0. The zero-order valence-corrected chi connectivity index (χ0v) is 30.0. The summed E-state index contributed by atoms with van der Waals surface area (Å²) in [5.41, 5.74) is 4.53. The Kier molecular flexibility index (Phi) is 17.4. The van der Waals surface area contributed by atoms with Crippen LogP contribution in [-0.2, 0) is 30.2 Å². The zero-order valence-electron chi connectivity index (χ0n) is 30.0. The smallest absolute Gasteiger partial charge is 0.407 e. The van der Waals surface area contributed by atoms with Gasteiger partial charge in [0.25, 0.3) is 5.91 Å². The number of ether oxygens (including phenoxy) is 4. The van der Waals surface area contributed by atoms with Gasteiger partial charge < -0.3 is 44.8 Å². The summed E-state index contributed by atoms with van der Waals surface area (Å²) in [7, 11) is 1.65. The largest absolute Gasteiger partial charge is 0.444 e. The van der Waals surface area contributed by atoms with Crippen LogP contribution in [0.1, 0.15) is 52.6 Å². The third kappa shape index (κ3) is 14.7. The fourth-order valence-electron chi connectivity index (χ4n) is 5.09. The molecule has 0 aromatic heterocycles. The minimum Gasteiger partial charge on any atom is -0.444 e. The maximum atomic E-state index is 14.9. The summed E-state index contributed by atoms with van der Waals surface area (Å²) in [6.45, 7) is 9.94. The Morgan fingerprint density at radius 2 is 1.49 bits per heavy atom. The highest BCUT2D eigenvalue weighted by atomic mass is 19.1. The van der Waals surface area contributed by atoms with Crippen molar-refractivity contribution in [2.75, 3.05) is 92.5 Å². The average Bonchev–Trinajstić information content (AvgIpc) is 3.11. The lowest BCUT2D eigenvalue weighted by Gasteiger charge is -2.35. The number of nitrogens with zero attached hydrogens (tertiary/aromatic N) is 3. The van der Waals surface area contributed by atoms with Crippen LogP contribution in [0.15, 0.2) is 47.6 Å². The Morgan fingerprint density at radius 1 is 0.863 bits per heavy atom. The van der Waals surface area contributed by atoms with Crippen molar-refractivity contribution in [1.82, 2.24) is 25.9 Å². The number of aldehydes is 1. The van der Waals surface area contributed by atoms with E-state index >= 15 is 0 Å². The molecule has 0 unspecified atom stereocenters. The standard InChI is InChI=1S/C36H51FN6O8/c1-36(2,3)51-35(47)40-12-18-49-20-22-50-21-19-48-17-11-39-25-33(45)42-13-15-43(16-14-42)34(46)30-23-27(9-10-31(30)37)24-32(41-38-4)29-8-6-5-7-28(29)26-44/h5-10,23,26,38-39H,11-22,24-25H2,1-4H3,(H,40,47)/b41-32-. The molecule has 0 aliphatic carbocycles. The van der Waals surface area contributed by atoms with E-state index in [1.54, 1.807) is 68.0 Å². The molecule has 3 N–H and O–H groups in total. The highest BCUT2D eigenvalue weighted by Gasteiger charge is 2.26. The number of alkyl carbamates (subject to hydrolysis) is 1. The van der Waals surface area contributed by atoms with Crippen molar-refractivity contribution < 1.29 is 42.5 Å². The van der Waals surface area contributed by atoms with Crippen LogP contribution < -0.4 is 16.1 Å². The lowest BCUT2D eigenvalue weighted by molar-refractivity contribution is -0.131. The molecule has 280 valence electrons. The van der Waals surface area contributed by atoms with Crippen molar-refractivity contribution in [2.24, 2.45) is 5.10 Å². The van der Waals surface area contributed by atoms with Crippen molar-refractivity contribution in [3.63, 3.8) is 0 Å². The van der Waals surface area contributed by atoms with E-state index in [0.717, 1.165) is 6.29 Å². The van der Waals surface area contributed by atoms with Gasteiger partial charge in [0.1, 0.15) is 11.4 Å². The van der Waals surface area contributed by atoms with Gasteiger partial charge in [0, 0.05) is 63.9 Å². The highest BCUT2D eigenvalue weighted by molar-refractivity contribution is 6.07. The van der Waals surface area contributed by atoms with Gasteiger partial charge in [-0.3, -0.25) is 14.4 Å². The van der Waals surface area contributed by atoms with E-state index in [4.69, 9.17) is 18.9 Å². The normalized spacial score (nSPS) is 13.5. The van der Waals surface area contributed by atoms with Crippen molar-refractivity contribution >= 4 is 29.9 Å². The minimum atomic E-state index is -0.629. The summed E-state index contributed by atoms with van der Waals surface area (Å²) in [5, 5.41) is 10.0. The predicted molar refractivity (Wildman–Crippen MR) is 190 cm³/mol. The van der Waals surface area contributed by atoms with Gasteiger partial charge in [0.05, 0.1) is 57.5 Å². The fourth-order valence-corrected chi connectivity index (χ4v) is 5.09. The molecule has 14 nitrogen and oxygen atoms in total. The van der Waals surface area contributed by atoms with Gasteiger partial charge in [-0.1, -0.05) is 30.3 Å². The van der Waals surface area contributed by atoms with E-state index in [1.165, 1.54) is 12.1 Å². The van der Waals surface area contributed by atoms with Crippen molar-refractivity contribution in [3.05, 3.63) is 70.5 Å². The van der Waals surface area contributed by atoms with Crippen LogP contribution in [0.2, 0.25) is 0 Å². The Labute approximate surface area is 299 Å². The number of rotatable bonds is 20. The number of hydrazone groups is 1. The first-order valence-corrected chi connectivity index (χ1v) is 17.1. The first kappa shape index (κ1) is 41.0. The minimum absolute atomic E-state index is 0.0511. The Morgan fingerprint density at radius 3 is 2.14 bits per heavy atom. The molecule has 51 heavy (non-hydrogen) atoms. The number of halogens is 1. The number of hydrogen-bond acceptors (Lipinski definition) is 11. The van der Waals surface area contributed by atoms with Gasteiger partial charge in [0.15, 0.2) is 6.29 Å². The molecule has 0 atom stereocenters. The second kappa shape index (κ2) is 21.7. The second-order valence-corrected chi connectivity index (χ2v) is 12.6. The molecule has 0 radical (unpaired) electrons. The molecule has 3 amide bonds. The summed E-state index contributed by atoms with van der Waals surface area (Å²) in [5.74, 6) is -1.16. The van der Waals surface area contributed by atoms with Crippen LogP contribution in [0.5, 0.6) is 0 Å². The topological polar surface area (TPSA) is 160 Å². The number of amides is 3. The molecule has 1 aliphatic heterocycles. The molecule has 1 aliphatic rings. The molecule has 0 spiro atoms. The molecule has 1 saturated heterocycles. The van der Waals surface area contributed by atoms with Gasteiger partial charge in [-0.05, 0) is 38.5 Å². The number of nitrogens with one attached hydrogen (secondary N) is 3. The highest BCUT2D eigenvalue weighted by Crippen LogP contribution is 2.18. The summed E-state index contributed by atoms with van der Waals surface area (Å²) in [4.78, 5) is 52.4.